The lowest BCUT2D eigenvalue weighted by Gasteiger charge is -2.40. The van der Waals surface area contributed by atoms with E-state index in [1.54, 1.807) is 25.3 Å². The fourth-order valence-corrected chi connectivity index (χ4v) is 6.25. The Morgan fingerprint density at radius 2 is 1.57 bits per heavy atom. The number of amides is 3. The van der Waals surface area contributed by atoms with Gasteiger partial charge in [-0.2, -0.15) is 0 Å². The van der Waals surface area contributed by atoms with E-state index < -0.39 is 5.91 Å². The maximum absolute atomic E-state index is 13.1. The third-order valence-electron chi connectivity index (χ3n) is 8.15. The molecule has 1 aromatic carbocycles. The normalized spacial score (nSPS) is 25.2. The molecule has 0 aliphatic carbocycles. The number of nitrogens with one attached hydrogen (secondary N) is 2. The Balaban J connectivity index is 1.21. The van der Waals surface area contributed by atoms with Crippen molar-refractivity contribution in [2.75, 3.05) is 25.0 Å². The molecule has 5 rings (SSSR count). The van der Waals surface area contributed by atoms with Crippen molar-refractivity contribution in [2.24, 2.45) is 5.73 Å². The van der Waals surface area contributed by atoms with Crippen molar-refractivity contribution in [1.29, 1.82) is 0 Å². The molecular weight excluding hydrogens is 468 g/mol. The van der Waals surface area contributed by atoms with Crippen molar-refractivity contribution >= 4 is 23.5 Å². The van der Waals surface area contributed by atoms with Crippen LogP contribution in [0.4, 0.5) is 5.82 Å². The number of pyridine rings is 1. The number of fused-ring (bicyclic) bond motifs is 2. The van der Waals surface area contributed by atoms with E-state index in [1.807, 2.05) is 19.1 Å². The first-order chi connectivity index (χ1) is 17.7. The minimum Gasteiger partial charge on any atom is -0.366 e. The Morgan fingerprint density at radius 3 is 2.16 bits per heavy atom. The highest BCUT2D eigenvalue weighted by molar-refractivity contribution is 5.99. The summed E-state index contributed by atoms with van der Waals surface area (Å²) in [5, 5.41) is 6.34. The molecule has 0 spiro atoms. The number of rotatable bonds is 6. The molecule has 3 aliphatic heterocycles. The summed E-state index contributed by atoms with van der Waals surface area (Å²) in [5.41, 5.74) is 8.51. The largest absolute Gasteiger partial charge is 0.366 e. The van der Waals surface area contributed by atoms with E-state index in [1.165, 1.54) is 0 Å². The summed E-state index contributed by atoms with van der Waals surface area (Å²) in [6, 6.07) is 8.12. The maximum atomic E-state index is 13.1. The number of aryl methyl sites for hydroxylation is 2. The topological polar surface area (TPSA) is 121 Å². The highest BCUT2D eigenvalue weighted by atomic mass is 16.2. The van der Waals surface area contributed by atoms with E-state index >= 15 is 0 Å². The minimum atomic E-state index is -0.486. The number of nitrogens with two attached hydrogens (primary N) is 1. The van der Waals surface area contributed by atoms with E-state index in [9.17, 15) is 14.4 Å². The van der Waals surface area contributed by atoms with Gasteiger partial charge in [-0.05, 0) is 94.9 Å². The van der Waals surface area contributed by atoms with Gasteiger partial charge in [0.1, 0.15) is 5.82 Å². The van der Waals surface area contributed by atoms with E-state index in [0.717, 1.165) is 56.6 Å². The molecule has 4 atom stereocenters. The van der Waals surface area contributed by atoms with E-state index in [4.69, 9.17) is 5.73 Å². The lowest BCUT2D eigenvalue weighted by Crippen LogP contribution is -2.51. The van der Waals surface area contributed by atoms with Gasteiger partial charge in [0, 0.05) is 48.0 Å². The summed E-state index contributed by atoms with van der Waals surface area (Å²) in [7, 11) is 2.07. The van der Waals surface area contributed by atoms with Crippen LogP contribution < -0.4 is 21.3 Å². The van der Waals surface area contributed by atoms with Gasteiger partial charge in [-0.1, -0.05) is 0 Å². The monoisotopic (exact) mass is 504 g/mol. The molecule has 1 aromatic heterocycles. The number of primary amides is 1. The highest BCUT2D eigenvalue weighted by Gasteiger charge is 2.42. The van der Waals surface area contributed by atoms with Gasteiger partial charge in [0.15, 0.2) is 0 Å². The van der Waals surface area contributed by atoms with Crippen molar-refractivity contribution in [3.63, 3.8) is 0 Å². The third kappa shape index (κ3) is 5.18. The van der Waals surface area contributed by atoms with Crippen molar-refractivity contribution < 1.29 is 14.4 Å². The van der Waals surface area contributed by atoms with Crippen LogP contribution in [0.3, 0.4) is 0 Å². The molecule has 3 saturated heterocycles. The molecule has 9 heteroatoms. The van der Waals surface area contributed by atoms with Gasteiger partial charge in [-0.3, -0.25) is 14.4 Å². The van der Waals surface area contributed by atoms with Crippen LogP contribution in [0.2, 0.25) is 0 Å². The number of aromatic nitrogens is 1. The number of anilines is 1. The summed E-state index contributed by atoms with van der Waals surface area (Å²) >= 11 is 0. The number of benzene rings is 1. The minimum absolute atomic E-state index is 0.0712. The first-order valence-corrected chi connectivity index (χ1v) is 13.1. The van der Waals surface area contributed by atoms with E-state index in [-0.39, 0.29) is 23.9 Å². The van der Waals surface area contributed by atoms with Crippen LogP contribution >= 0.6 is 0 Å². The zero-order valence-electron chi connectivity index (χ0n) is 21.8. The Kier molecular flexibility index (Phi) is 6.90. The molecule has 4 N–H and O–H groups in total. The first kappa shape index (κ1) is 25.2. The molecule has 196 valence electrons. The molecule has 3 aliphatic rings. The SMILES string of the molecule is Cc1cc(C(=O)NC2C[C@H]3CC[C@@H](C2)N3c2ccc(C(=O)N[C@@H]3CCN(C)C3)cn2)c(C)cc1C(N)=O. The second-order valence-electron chi connectivity index (χ2n) is 10.9. The number of nitrogens with zero attached hydrogens (tertiary/aromatic N) is 3. The number of likely N-dealkylation sites (tertiary alicyclic amines) is 1. The molecule has 0 radical (unpaired) electrons. The van der Waals surface area contributed by atoms with Crippen molar-refractivity contribution in [3.8, 4) is 0 Å². The molecule has 4 heterocycles. The number of carbonyl (C=O) groups excluding carboxylic acids is 3. The summed E-state index contributed by atoms with van der Waals surface area (Å²) in [6.07, 6.45) is 6.46. The van der Waals surface area contributed by atoms with Crippen LogP contribution in [0.25, 0.3) is 0 Å². The van der Waals surface area contributed by atoms with Crippen molar-refractivity contribution in [3.05, 3.63) is 58.3 Å². The van der Waals surface area contributed by atoms with E-state index in [0.29, 0.717) is 34.3 Å². The fourth-order valence-electron chi connectivity index (χ4n) is 6.25. The van der Waals surface area contributed by atoms with Crippen LogP contribution in [0.1, 0.15) is 74.3 Å². The van der Waals surface area contributed by atoms with Gasteiger partial charge in [-0.25, -0.2) is 4.98 Å². The smallest absolute Gasteiger partial charge is 0.253 e. The number of piperidine rings is 1. The average Bonchev–Trinajstić information content (AvgIpc) is 3.39. The molecule has 1 unspecified atom stereocenters. The van der Waals surface area contributed by atoms with Gasteiger partial charge in [0.25, 0.3) is 11.8 Å². The molecule has 9 nitrogen and oxygen atoms in total. The summed E-state index contributed by atoms with van der Waals surface area (Å²) in [4.78, 5) is 46.6. The zero-order chi connectivity index (χ0) is 26.3. The summed E-state index contributed by atoms with van der Waals surface area (Å²) < 4.78 is 0. The number of hydrogen-bond acceptors (Lipinski definition) is 6. The van der Waals surface area contributed by atoms with Gasteiger partial charge in [0.2, 0.25) is 5.91 Å². The van der Waals surface area contributed by atoms with Crippen LogP contribution in [0.5, 0.6) is 0 Å². The molecule has 3 amide bonds. The average molecular weight is 505 g/mol. The highest BCUT2D eigenvalue weighted by Crippen LogP contribution is 2.38. The van der Waals surface area contributed by atoms with E-state index in [2.05, 4.69) is 32.5 Å². The number of carbonyl (C=O) groups is 3. The molecule has 37 heavy (non-hydrogen) atoms. The molecular formula is C28H36N6O3. The molecule has 0 saturated carbocycles. The second-order valence-corrected chi connectivity index (χ2v) is 10.9. The lowest BCUT2D eigenvalue weighted by molar-refractivity contribution is 0.0921. The molecule has 3 fully saturated rings. The van der Waals surface area contributed by atoms with Crippen LogP contribution in [0, 0.1) is 13.8 Å². The first-order valence-electron chi connectivity index (χ1n) is 13.1. The predicted octanol–water partition coefficient (Wildman–Crippen LogP) is 2.16. The third-order valence-corrected chi connectivity index (χ3v) is 8.15. The van der Waals surface area contributed by atoms with Crippen molar-refractivity contribution in [1.82, 2.24) is 20.5 Å². The van der Waals surface area contributed by atoms with Crippen LogP contribution in [-0.2, 0) is 0 Å². The predicted molar refractivity (Wildman–Crippen MR) is 142 cm³/mol. The lowest BCUT2D eigenvalue weighted by atomic mass is 9.95. The number of hydrogen-bond donors (Lipinski definition) is 3. The maximum Gasteiger partial charge on any atom is 0.253 e. The summed E-state index contributed by atoms with van der Waals surface area (Å²) in [6.45, 7) is 5.51. The Labute approximate surface area is 217 Å². The quantitative estimate of drug-likeness (QED) is 0.555. The van der Waals surface area contributed by atoms with Gasteiger partial charge >= 0.3 is 0 Å². The van der Waals surface area contributed by atoms with Gasteiger partial charge in [0.05, 0.1) is 5.56 Å². The Morgan fingerprint density at radius 1 is 0.919 bits per heavy atom. The molecule has 2 aromatic rings. The standard InChI is InChI=1S/C28H36N6O3/c1-16-11-24(17(2)10-23(16)26(29)35)28(37)32-20-12-21-5-6-22(13-20)34(21)25-7-4-18(14-30-25)27(36)31-19-8-9-33(3)15-19/h4,7,10-11,14,19-22H,5-6,8-9,12-13,15H2,1-3H3,(H2,29,35)(H,31,36)(H,32,37)/t19-,20?,21-,22+/m1/s1. The second kappa shape index (κ2) is 10.1. The van der Waals surface area contributed by atoms with Gasteiger partial charge < -0.3 is 26.2 Å². The fraction of sp³-hybridized carbons (Fsp3) is 0.500. The van der Waals surface area contributed by atoms with Crippen LogP contribution in [0.15, 0.2) is 30.5 Å². The Bertz CT molecular complexity index is 1200. The van der Waals surface area contributed by atoms with Crippen molar-refractivity contribution in [2.45, 2.75) is 70.1 Å². The summed E-state index contributed by atoms with van der Waals surface area (Å²) in [5.74, 6) is 0.220. The zero-order valence-corrected chi connectivity index (χ0v) is 21.8. The number of likely N-dealkylation sites (N-methyl/N-ethyl adjacent to an activating group) is 1. The molecule has 2 bridgehead atoms. The van der Waals surface area contributed by atoms with Crippen LogP contribution in [-0.4, -0.2) is 71.9 Å². The van der Waals surface area contributed by atoms with Gasteiger partial charge in [-0.15, -0.1) is 0 Å². The Hall–Kier alpha value is -3.46.